The number of phenolic OH excluding ortho intramolecular Hbond substituents is 1. The molecule has 1 aromatic carbocycles. The SMILES string of the molecule is O=C(O)C(F)(F)F.O=C(c1ccc(O)cc1)N1CCc2[nH]nc(-c3cccnc3)c2CC1. The zero-order valence-electron chi connectivity index (χ0n) is 16.6. The van der Waals surface area contributed by atoms with Crippen LogP contribution in [-0.4, -0.2) is 61.4 Å². The lowest BCUT2D eigenvalue weighted by Crippen LogP contribution is -2.33. The van der Waals surface area contributed by atoms with E-state index in [4.69, 9.17) is 9.90 Å². The molecule has 0 saturated heterocycles. The van der Waals surface area contributed by atoms with E-state index < -0.39 is 12.1 Å². The second kappa shape index (κ2) is 9.50. The maximum atomic E-state index is 12.7. The number of hydrogen-bond donors (Lipinski definition) is 3. The summed E-state index contributed by atoms with van der Waals surface area (Å²) in [6.07, 6.45) is -0.0418. The first kappa shape index (κ1) is 22.8. The molecule has 0 bridgehead atoms. The highest BCUT2D eigenvalue weighted by atomic mass is 19.4. The molecule has 11 heteroatoms. The summed E-state index contributed by atoms with van der Waals surface area (Å²) >= 11 is 0. The van der Waals surface area contributed by atoms with E-state index in [1.54, 1.807) is 24.5 Å². The summed E-state index contributed by atoms with van der Waals surface area (Å²) < 4.78 is 31.7. The quantitative estimate of drug-likeness (QED) is 0.555. The predicted octanol–water partition coefficient (Wildman–Crippen LogP) is 3.05. The monoisotopic (exact) mass is 448 g/mol. The fraction of sp³-hybridized carbons (Fsp3) is 0.238. The highest BCUT2D eigenvalue weighted by molar-refractivity contribution is 5.94. The largest absolute Gasteiger partial charge is 0.508 e. The Balaban J connectivity index is 0.000000360. The summed E-state index contributed by atoms with van der Waals surface area (Å²) in [5.74, 6) is -2.61. The van der Waals surface area contributed by atoms with E-state index in [9.17, 15) is 23.1 Å². The maximum Gasteiger partial charge on any atom is 0.490 e. The molecule has 0 radical (unpaired) electrons. The van der Waals surface area contributed by atoms with Crippen molar-refractivity contribution in [2.24, 2.45) is 0 Å². The molecule has 1 aliphatic heterocycles. The Hall–Kier alpha value is -3.89. The Morgan fingerprint density at radius 2 is 1.72 bits per heavy atom. The number of carboxylic acids is 1. The van der Waals surface area contributed by atoms with Crippen molar-refractivity contribution in [3.8, 4) is 17.0 Å². The van der Waals surface area contributed by atoms with Gasteiger partial charge in [-0.25, -0.2) is 4.79 Å². The third kappa shape index (κ3) is 5.42. The van der Waals surface area contributed by atoms with Crippen molar-refractivity contribution in [3.63, 3.8) is 0 Å². The highest BCUT2D eigenvalue weighted by Gasteiger charge is 2.38. The molecule has 4 rings (SSSR count). The molecule has 168 valence electrons. The fourth-order valence-electron chi connectivity index (χ4n) is 3.21. The zero-order valence-corrected chi connectivity index (χ0v) is 16.6. The number of carbonyl (C=O) groups excluding carboxylic acids is 1. The Kier molecular flexibility index (Phi) is 6.76. The summed E-state index contributed by atoms with van der Waals surface area (Å²) in [7, 11) is 0. The minimum absolute atomic E-state index is 0.0129. The number of nitrogens with one attached hydrogen (secondary N) is 1. The summed E-state index contributed by atoms with van der Waals surface area (Å²) in [5, 5.41) is 24.1. The van der Waals surface area contributed by atoms with Gasteiger partial charge in [0.2, 0.25) is 0 Å². The van der Waals surface area contributed by atoms with E-state index in [-0.39, 0.29) is 11.7 Å². The molecule has 3 N–H and O–H groups in total. The fourth-order valence-corrected chi connectivity index (χ4v) is 3.21. The van der Waals surface area contributed by atoms with Gasteiger partial charge in [0.25, 0.3) is 5.91 Å². The van der Waals surface area contributed by atoms with Gasteiger partial charge in [0, 0.05) is 54.3 Å². The molecule has 1 amide bonds. The van der Waals surface area contributed by atoms with Crippen molar-refractivity contribution in [2.75, 3.05) is 13.1 Å². The molecule has 0 fully saturated rings. The Morgan fingerprint density at radius 3 is 2.31 bits per heavy atom. The molecular formula is C21H19F3N4O4. The molecule has 0 unspecified atom stereocenters. The van der Waals surface area contributed by atoms with E-state index in [1.165, 1.54) is 12.1 Å². The average Bonchev–Trinajstić information content (AvgIpc) is 3.05. The first-order valence-corrected chi connectivity index (χ1v) is 9.51. The number of hydrogen-bond acceptors (Lipinski definition) is 5. The van der Waals surface area contributed by atoms with E-state index in [0.717, 1.165) is 35.4 Å². The van der Waals surface area contributed by atoms with Gasteiger partial charge in [-0.3, -0.25) is 14.9 Å². The van der Waals surface area contributed by atoms with Gasteiger partial charge in [0.15, 0.2) is 0 Å². The molecule has 0 atom stereocenters. The number of fused-ring (bicyclic) bond motifs is 1. The summed E-state index contributed by atoms with van der Waals surface area (Å²) in [5.41, 5.74) is 4.74. The average molecular weight is 448 g/mol. The van der Waals surface area contributed by atoms with Crippen LogP contribution in [-0.2, 0) is 17.6 Å². The van der Waals surface area contributed by atoms with Gasteiger partial charge in [-0.05, 0) is 42.8 Å². The number of alkyl halides is 3. The Labute approximate surface area is 180 Å². The van der Waals surface area contributed by atoms with Crippen molar-refractivity contribution in [1.82, 2.24) is 20.1 Å². The van der Waals surface area contributed by atoms with E-state index in [1.807, 2.05) is 17.0 Å². The first-order valence-electron chi connectivity index (χ1n) is 9.51. The summed E-state index contributed by atoms with van der Waals surface area (Å²) in [4.78, 5) is 27.6. The third-order valence-corrected chi connectivity index (χ3v) is 4.80. The van der Waals surface area contributed by atoms with Gasteiger partial charge in [0.1, 0.15) is 5.75 Å². The predicted molar refractivity (Wildman–Crippen MR) is 107 cm³/mol. The van der Waals surface area contributed by atoms with Gasteiger partial charge in [0.05, 0.1) is 5.69 Å². The molecule has 0 spiro atoms. The minimum atomic E-state index is -5.08. The molecule has 2 aromatic heterocycles. The zero-order chi connectivity index (χ0) is 23.3. The number of nitrogens with zero attached hydrogens (tertiary/aromatic N) is 3. The Bertz CT molecular complexity index is 1080. The number of carbonyl (C=O) groups is 2. The van der Waals surface area contributed by atoms with Crippen molar-refractivity contribution >= 4 is 11.9 Å². The van der Waals surface area contributed by atoms with Crippen LogP contribution in [0.15, 0.2) is 48.8 Å². The second-order valence-electron chi connectivity index (χ2n) is 6.91. The standard InChI is InChI=1S/C19H18N4O2.C2HF3O2/c24-15-5-3-13(4-6-15)19(25)23-10-7-16-17(8-11-23)21-22-18(16)14-2-1-9-20-12-14;3-2(4,5)1(6)7/h1-6,9,12,24H,7-8,10-11H2,(H,21,22);(H,6,7). The van der Waals surface area contributed by atoms with Gasteiger partial charge < -0.3 is 15.1 Å². The van der Waals surface area contributed by atoms with Crippen molar-refractivity contribution in [2.45, 2.75) is 19.0 Å². The normalized spacial score (nSPS) is 13.4. The van der Waals surface area contributed by atoms with Crippen LogP contribution in [0.2, 0.25) is 0 Å². The number of H-pyrrole nitrogens is 1. The number of halogens is 3. The van der Waals surface area contributed by atoms with Gasteiger partial charge in [-0.2, -0.15) is 18.3 Å². The number of pyridine rings is 1. The number of carboxylic acid groups (broad SMARTS) is 1. The molecule has 0 aliphatic carbocycles. The van der Waals surface area contributed by atoms with Crippen LogP contribution in [0.4, 0.5) is 13.2 Å². The van der Waals surface area contributed by atoms with E-state index in [0.29, 0.717) is 18.7 Å². The number of rotatable bonds is 2. The number of aliphatic carboxylic acids is 1. The molecule has 3 aromatic rings. The van der Waals surface area contributed by atoms with Crippen molar-refractivity contribution < 1.29 is 33.0 Å². The molecule has 1 aliphatic rings. The van der Waals surface area contributed by atoms with Gasteiger partial charge in [-0.1, -0.05) is 0 Å². The number of aromatic nitrogens is 3. The van der Waals surface area contributed by atoms with E-state index in [2.05, 4.69) is 15.2 Å². The number of benzene rings is 1. The number of phenols is 1. The van der Waals surface area contributed by atoms with Crippen LogP contribution < -0.4 is 0 Å². The maximum absolute atomic E-state index is 12.7. The van der Waals surface area contributed by atoms with Crippen molar-refractivity contribution in [3.05, 3.63) is 65.6 Å². The van der Waals surface area contributed by atoms with Crippen LogP contribution in [0.5, 0.6) is 5.75 Å². The topological polar surface area (TPSA) is 119 Å². The molecule has 32 heavy (non-hydrogen) atoms. The second-order valence-corrected chi connectivity index (χ2v) is 6.91. The summed E-state index contributed by atoms with van der Waals surface area (Å²) in [6, 6.07) is 10.3. The number of aromatic hydroxyl groups is 1. The smallest absolute Gasteiger partial charge is 0.490 e. The first-order chi connectivity index (χ1) is 15.2. The van der Waals surface area contributed by atoms with Crippen LogP contribution in [0, 0.1) is 0 Å². The van der Waals surface area contributed by atoms with Crippen LogP contribution in [0.1, 0.15) is 21.6 Å². The lowest BCUT2D eigenvalue weighted by atomic mass is 10.0. The lowest BCUT2D eigenvalue weighted by molar-refractivity contribution is -0.192. The van der Waals surface area contributed by atoms with Crippen molar-refractivity contribution in [1.29, 1.82) is 0 Å². The van der Waals surface area contributed by atoms with E-state index >= 15 is 0 Å². The number of aromatic amines is 1. The number of amides is 1. The molecule has 3 heterocycles. The highest BCUT2D eigenvalue weighted by Crippen LogP contribution is 2.26. The Morgan fingerprint density at radius 1 is 1.06 bits per heavy atom. The van der Waals surface area contributed by atoms with Crippen LogP contribution in [0.25, 0.3) is 11.3 Å². The van der Waals surface area contributed by atoms with Gasteiger partial charge >= 0.3 is 12.1 Å². The van der Waals surface area contributed by atoms with Gasteiger partial charge in [-0.15, -0.1) is 0 Å². The minimum Gasteiger partial charge on any atom is -0.508 e. The molecule has 0 saturated carbocycles. The molecular weight excluding hydrogens is 429 g/mol. The molecule has 8 nitrogen and oxygen atoms in total. The summed E-state index contributed by atoms with van der Waals surface area (Å²) in [6.45, 7) is 1.28. The third-order valence-electron chi connectivity index (χ3n) is 4.80. The lowest BCUT2D eigenvalue weighted by Gasteiger charge is -2.20. The van der Waals surface area contributed by atoms with Crippen LogP contribution >= 0.6 is 0 Å². The van der Waals surface area contributed by atoms with Crippen LogP contribution in [0.3, 0.4) is 0 Å².